The van der Waals surface area contributed by atoms with Gasteiger partial charge >= 0.3 is 0 Å². The van der Waals surface area contributed by atoms with Gasteiger partial charge in [0.05, 0.1) is 46.9 Å². The first-order chi connectivity index (χ1) is 17.2. The molecule has 0 fully saturated rings. The van der Waals surface area contributed by atoms with Crippen LogP contribution in [0.1, 0.15) is 10.8 Å². The van der Waals surface area contributed by atoms with Gasteiger partial charge in [-0.3, -0.25) is 40.5 Å². The number of benzene rings is 3. The van der Waals surface area contributed by atoms with Gasteiger partial charge in [0, 0.05) is 17.9 Å². The van der Waals surface area contributed by atoms with Crippen LogP contribution in [0.4, 0.5) is 22.7 Å². The number of nitro benzene ring substituents is 4. The van der Waals surface area contributed by atoms with Crippen molar-refractivity contribution in [1.29, 1.82) is 0 Å². The summed E-state index contributed by atoms with van der Waals surface area (Å²) in [4.78, 5) is 42.5. The van der Waals surface area contributed by atoms with Crippen LogP contribution in [0.3, 0.4) is 0 Å². The van der Waals surface area contributed by atoms with E-state index in [4.69, 9.17) is 0 Å². The monoisotopic (exact) mass is 566 g/mol. The third-order valence-corrected chi connectivity index (χ3v) is 9.93. The Kier molecular flexibility index (Phi) is 9.51. The number of nitrogens with zero attached hydrogens (tertiary/aromatic N) is 4. The van der Waals surface area contributed by atoms with E-state index in [1.54, 1.807) is 0 Å². The minimum atomic E-state index is -0.703. The maximum absolute atomic E-state index is 11.4. The molecule has 0 aliphatic rings. The first-order valence-electron chi connectivity index (χ1n) is 9.70. The normalized spacial score (nSPS) is 11.6. The van der Waals surface area contributed by atoms with Crippen LogP contribution in [0.15, 0.2) is 76.5 Å². The zero-order chi connectivity index (χ0) is 26.2. The molecular weight excluding hydrogens is 553 g/mol. The fraction of sp³-hybridized carbons (Fsp3) is 0.100. The molecule has 1 atom stereocenters. The van der Waals surface area contributed by atoms with Crippen molar-refractivity contribution in [3.63, 3.8) is 0 Å². The molecule has 0 bridgehead atoms. The minimum Gasteiger partial charge on any atom is -0.258 e. The van der Waals surface area contributed by atoms with E-state index in [-0.39, 0.29) is 37.8 Å². The Morgan fingerprint density at radius 1 is 0.639 bits per heavy atom. The Balaban J connectivity index is 1.77. The largest absolute Gasteiger partial charge is 0.290 e. The third-order valence-electron chi connectivity index (χ3n) is 4.49. The summed E-state index contributed by atoms with van der Waals surface area (Å²) in [6.45, 7) is 0. The average molecular weight is 567 g/mol. The highest BCUT2D eigenvalue weighted by Crippen LogP contribution is 2.49. The average Bonchev–Trinajstić information content (AvgIpc) is 2.86. The van der Waals surface area contributed by atoms with Gasteiger partial charge in [0.25, 0.3) is 22.7 Å². The number of rotatable bonds is 12. The summed E-state index contributed by atoms with van der Waals surface area (Å²) in [5.74, 6) is 0.432. The third kappa shape index (κ3) is 7.09. The van der Waals surface area contributed by atoms with E-state index < -0.39 is 19.7 Å². The van der Waals surface area contributed by atoms with E-state index >= 15 is 0 Å². The minimum absolute atomic E-state index is 0.208. The van der Waals surface area contributed by atoms with Crippen molar-refractivity contribution in [1.82, 2.24) is 0 Å². The number of hydrogen-bond donors (Lipinski definition) is 0. The Morgan fingerprint density at radius 3 is 1.61 bits per heavy atom. The molecule has 0 spiro atoms. The summed E-state index contributed by atoms with van der Waals surface area (Å²) in [7, 11) is 4.81. The second kappa shape index (κ2) is 12.6. The standard InChI is InChI=1S/C20H14N4O8S4/c25-21(26)14-6-8-18(16(10-14)23(29)30)34-33-12-20(13-4-2-1-3-5-13)36-35-19-9-7-15(22(27)28)11-17(19)24(31)32/h1-11,20H,12H2. The predicted molar refractivity (Wildman–Crippen MR) is 140 cm³/mol. The highest BCUT2D eigenvalue weighted by atomic mass is 33.1. The second-order valence-electron chi connectivity index (χ2n) is 6.78. The van der Waals surface area contributed by atoms with Crippen LogP contribution in [-0.2, 0) is 0 Å². The molecule has 0 aliphatic heterocycles. The summed E-state index contributed by atoms with van der Waals surface area (Å²) >= 11 is 0. The first kappa shape index (κ1) is 27.3. The van der Waals surface area contributed by atoms with Gasteiger partial charge in [-0.25, -0.2) is 0 Å². The molecule has 0 aliphatic carbocycles. The Labute approximate surface area is 218 Å². The van der Waals surface area contributed by atoms with Gasteiger partial charge in [0.15, 0.2) is 0 Å². The van der Waals surface area contributed by atoms with Crippen molar-refractivity contribution < 1.29 is 19.7 Å². The molecule has 1 unspecified atom stereocenters. The fourth-order valence-corrected chi connectivity index (χ4v) is 8.48. The van der Waals surface area contributed by atoms with E-state index in [0.29, 0.717) is 5.75 Å². The first-order valence-corrected chi connectivity index (χ1v) is 14.2. The quantitative estimate of drug-likeness (QED) is 0.122. The lowest BCUT2D eigenvalue weighted by atomic mass is 10.2. The lowest BCUT2D eigenvalue weighted by molar-refractivity contribution is -0.396. The molecule has 0 saturated heterocycles. The molecule has 3 aromatic carbocycles. The zero-order valence-corrected chi connectivity index (χ0v) is 21.1. The van der Waals surface area contributed by atoms with Crippen LogP contribution < -0.4 is 0 Å². The van der Waals surface area contributed by atoms with E-state index in [9.17, 15) is 40.5 Å². The van der Waals surface area contributed by atoms with E-state index in [1.165, 1.54) is 45.9 Å². The van der Waals surface area contributed by atoms with Crippen LogP contribution in [-0.4, -0.2) is 25.4 Å². The van der Waals surface area contributed by atoms with Crippen LogP contribution in [0, 0.1) is 40.5 Å². The zero-order valence-electron chi connectivity index (χ0n) is 17.8. The lowest BCUT2D eigenvalue weighted by Crippen LogP contribution is -1.97. The van der Waals surface area contributed by atoms with Crippen LogP contribution >= 0.6 is 43.2 Å². The number of non-ortho nitro benzene ring substituents is 2. The lowest BCUT2D eigenvalue weighted by Gasteiger charge is -2.16. The van der Waals surface area contributed by atoms with Crippen LogP contribution in [0.5, 0.6) is 0 Å². The molecule has 36 heavy (non-hydrogen) atoms. The van der Waals surface area contributed by atoms with Gasteiger partial charge in [-0.05, 0) is 28.5 Å². The van der Waals surface area contributed by atoms with Crippen molar-refractivity contribution in [3.8, 4) is 0 Å². The fourth-order valence-electron chi connectivity index (χ4n) is 2.78. The van der Waals surface area contributed by atoms with Crippen molar-refractivity contribution in [2.45, 2.75) is 15.0 Å². The highest BCUT2D eigenvalue weighted by molar-refractivity contribution is 8.78. The van der Waals surface area contributed by atoms with E-state index in [0.717, 1.165) is 39.3 Å². The van der Waals surface area contributed by atoms with Gasteiger partial charge in [0.1, 0.15) is 0 Å². The summed E-state index contributed by atoms with van der Waals surface area (Å²) < 4.78 is 0. The van der Waals surface area contributed by atoms with Gasteiger partial charge in [-0.1, -0.05) is 62.7 Å². The molecule has 0 N–H and O–H groups in total. The van der Waals surface area contributed by atoms with Crippen LogP contribution in [0.25, 0.3) is 0 Å². The molecule has 0 amide bonds. The Morgan fingerprint density at radius 2 is 1.14 bits per heavy atom. The molecule has 186 valence electrons. The summed E-state index contributed by atoms with van der Waals surface area (Å²) in [5, 5.41) is 44.6. The van der Waals surface area contributed by atoms with Gasteiger partial charge in [-0.15, -0.1) is 0 Å². The Hall–Kier alpha value is -3.34. The molecule has 12 nitrogen and oxygen atoms in total. The van der Waals surface area contributed by atoms with Crippen molar-refractivity contribution >= 4 is 65.9 Å². The molecule has 3 rings (SSSR count). The highest BCUT2D eigenvalue weighted by Gasteiger charge is 2.24. The van der Waals surface area contributed by atoms with Gasteiger partial charge < -0.3 is 0 Å². The van der Waals surface area contributed by atoms with Gasteiger partial charge in [-0.2, -0.15) is 0 Å². The van der Waals surface area contributed by atoms with Crippen molar-refractivity contribution in [2.75, 3.05) is 5.75 Å². The topological polar surface area (TPSA) is 173 Å². The summed E-state index contributed by atoms with van der Waals surface area (Å²) in [5.41, 5.74) is -0.605. The molecule has 0 saturated carbocycles. The molecule has 3 aromatic rings. The van der Waals surface area contributed by atoms with Crippen molar-refractivity contribution in [3.05, 3.63) is 113 Å². The SMILES string of the molecule is O=[N+]([O-])c1ccc(SSCC(SSc2ccc([N+](=O)[O-])cc2[N+](=O)[O-])c2ccccc2)c([N+](=O)[O-])c1. The maximum Gasteiger partial charge on any atom is 0.290 e. The molecular formula is C20H14N4O8S4. The molecule has 0 heterocycles. The molecule has 16 heteroatoms. The van der Waals surface area contributed by atoms with Crippen LogP contribution in [0.2, 0.25) is 0 Å². The molecule has 0 aromatic heterocycles. The Bertz CT molecular complexity index is 1310. The van der Waals surface area contributed by atoms with Gasteiger partial charge in [0.2, 0.25) is 0 Å². The maximum atomic E-state index is 11.4. The smallest absolute Gasteiger partial charge is 0.258 e. The number of hydrogen-bond acceptors (Lipinski definition) is 12. The predicted octanol–water partition coefficient (Wildman–Crippen LogP) is 7.24. The number of nitro groups is 4. The van der Waals surface area contributed by atoms with E-state index in [1.807, 2.05) is 30.3 Å². The second-order valence-corrected chi connectivity index (χ2v) is 11.6. The molecule has 0 radical (unpaired) electrons. The van der Waals surface area contributed by atoms with E-state index in [2.05, 4.69) is 0 Å². The van der Waals surface area contributed by atoms with Crippen molar-refractivity contribution in [2.24, 2.45) is 0 Å². The summed E-state index contributed by atoms with van der Waals surface area (Å²) in [6, 6.07) is 16.1. The summed E-state index contributed by atoms with van der Waals surface area (Å²) in [6.07, 6.45) is 0.